The lowest BCUT2D eigenvalue weighted by molar-refractivity contribution is -0.141. The molecule has 5 nitrogen and oxygen atoms in total. The van der Waals surface area contributed by atoms with Gasteiger partial charge in [-0.3, -0.25) is 5.10 Å². The molecule has 2 rings (SSSR count). The van der Waals surface area contributed by atoms with Crippen molar-refractivity contribution in [3.8, 4) is 0 Å². The first-order valence-corrected chi connectivity index (χ1v) is 5.13. The van der Waals surface area contributed by atoms with Gasteiger partial charge in [0.15, 0.2) is 5.69 Å². The highest BCUT2D eigenvalue weighted by Gasteiger charge is 2.32. The Hall–Kier alpha value is -2.12. The maximum atomic E-state index is 12.3. The van der Waals surface area contributed by atoms with E-state index in [1.165, 1.54) is 6.07 Å². The van der Waals surface area contributed by atoms with E-state index in [1.807, 2.05) is 6.92 Å². The van der Waals surface area contributed by atoms with Gasteiger partial charge < -0.3 is 5.32 Å². The summed E-state index contributed by atoms with van der Waals surface area (Å²) in [5, 5.41) is 16.0. The second-order valence-corrected chi connectivity index (χ2v) is 3.70. The maximum absolute atomic E-state index is 12.3. The molecule has 96 valence electrons. The number of hydrogen-bond donors (Lipinski definition) is 2. The number of alkyl halides is 3. The van der Waals surface area contributed by atoms with Crippen LogP contribution in [0.5, 0.6) is 0 Å². The SMILES string of the molecule is CC(Nc1ccc(C(F)(F)F)nn1)c1cn[nH]c1. The van der Waals surface area contributed by atoms with Gasteiger partial charge >= 0.3 is 6.18 Å². The van der Waals surface area contributed by atoms with Crippen LogP contribution >= 0.6 is 0 Å². The molecule has 0 bridgehead atoms. The minimum Gasteiger partial charge on any atom is -0.362 e. The van der Waals surface area contributed by atoms with Gasteiger partial charge in [-0.25, -0.2) is 0 Å². The molecule has 2 aromatic rings. The minimum absolute atomic E-state index is 0.130. The van der Waals surface area contributed by atoms with Crippen molar-refractivity contribution in [2.45, 2.75) is 19.1 Å². The van der Waals surface area contributed by atoms with Crippen LogP contribution in [0.15, 0.2) is 24.5 Å². The third kappa shape index (κ3) is 2.76. The molecule has 0 aliphatic heterocycles. The van der Waals surface area contributed by atoms with Gasteiger partial charge in [-0.2, -0.15) is 18.3 Å². The molecule has 0 aliphatic carbocycles. The Morgan fingerprint density at radius 2 is 2.06 bits per heavy atom. The van der Waals surface area contributed by atoms with E-state index in [1.54, 1.807) is 12.4 Å². The van der Waals surface area contributed by atoms with Crippen LogP contribution in [0.1, 0.15) is 24.2 Å². The summed E-state index contributed by atoms with van der Waals surface area (Å²) in [6.45, 7) is 1.84. The maximum Gasteiger partial charge on any atom is 0.435 e. The summed E-state index contributed by atoms with van der Waals surface area (Å²) in [5.74, 6) is 0.275. The first-order valence-electron chi connectivity index (χ1n) is 5.13. The molecule has 1 atom stereocenters. The molecule has 0 saturated carbocycles. The summed E-state index contributed by atoms with van der Waals surface area (Å²) in [6.07, 6.45) is -1.16. The van der Waals surface area contributed by atoms with Crippen molar-refractivity contribution >= 4 is 5.82 Å². The number of aromatic nitrogens is 4. The second kappa shape index (κ2) is 4.63. The molecule has 0 spiro atoms. The summed E-state index contributed by atoms with van der Waals surface area (Å²) >= 11 is 0. The number of aromatic amines is 1. The van der Waals surface area contributed by atoms with Crippen molar-refractivity contribution in [1.82, 2.24) is 20.4 Å². The van der Waals surface area contributed by atoms with E-state index in [9.17, 15) is 13.2 Å². The third-order valence-corrected chi connectivity index (χ3v) is 2.34. The van der Waals surface area contributed by atoms with E-state index in [2.05, 4.69) is 25.7 Å². The lowest BCUT2D eigenvalue weighted by atomic mass is 10.2. The summed E-state index contributed by atoms with van der Waals surface area (Å²) in [6, 6.07) is 2.00. The molecule has 0 saturated heterocycles. The lowest BCUT2D eigenvalue weighted by Crippen LogP contribution is -2.12. The summed E-state index contributed by atoms with van der Waals surface area (Å²) in [5.41, 5.74) is -0.138. The Bertz CT molecular complexity index is 491. The first kappa shape index (κ1) is 12.3. The molecule has 8 heteroatoms. The minimum atomic E-state index is -4.47. The van der Waals surface area contributed by atoms with Crippen LogP contribution < -0.4 is 5.32 Å². The molecule has 2 aromatic heterocycles. The largest absolute Gasteiger partial charge is 0.435 e. The fraction of sp³-hybridized carbons (Fsp3) is 0.300. The highest BCUT2D eigenvalue weighted by atomic mass is 19.4. The van der Waals surface area contributed by atoms with Crippen molar-refractivity contribution < 1.29 is 13.2 Å². The van der Waals surface area contributed by atoms with Crippen molar-refractivity contribution in [2.24, 2.45) is 0 Å². The molecule has 1 unspecified atom stereocenters. The zero-order valence-electron chi connectivity index (χ0n) is 9.36. The number of rotatable bonds is 3. The van der Waals surface area contributed by atoms with E-state index in [0.717, 1.165) is 11.6 Å². The third-order valence-electron chi connectivity index (χ3n) is 2.34. The van der Waals surface area contributed by atoms with Gasteiger partial charge in [-0.05, 0) is 19.1 Å². The van der Waals surface area contributed by atoms with Gasteiger partial charge in [0.05, 0.1) is 12.2 Å². The zero-order valence-corrected chi connectivity index (χ0v) is 9.36. The van der Waals surface area contributed by atoms with Crippen molar-refractivity contribution in [1.29, 1.82) is 0 Å². The fourth-order valence-electron chi connectivity index (χ4n) is 1.36. The molecule has 2 N–H and O–H groups in total. The average Bonchev–Trinajstić information content (AvgIpc) is 2.82. The van der Waals surface area contributed by atoms with E-state index in [4.69, 9.17) is 0 Å². The highest BCUT2D eigenvalue weighted by Crippen LogP contribution is 2.27. The van der Waals surface area contributed by atoms with Gasteiger partial charge in [0.25, 0.3) is 0 Å². The second-order valence-electron chi connectivity index (χ2n) is 3.70. The molecular weight excluding hydrogens is 247 g/mol. The van der Waals surface area contributed by atoms with Crippen molar-refractivity contribution in [3.05, 3.63) is 35.8 Å². The van der Waals surface area contributed by atoms with Crippen molar-refractivity contribution in [3.63, 3.8) is 0 Å². The van der Waals surface area contributed by atoms with E-state index < -0.39 is 11.9 Å². The van der Waals surface area contributed by atoms with E-state index >= 15 is 0 Å². The Morgan fingerprint density at radius 3 is 2.56 bits per heavy atom. The molecule has 0 amide bonds. The van der Waals surface area contributed by atoms with Gasteiger partial charge in [-0.1, -0.05) is 0 Å². The zero-order chi connectivity index (χ0) is 13.2. The van der Waals surface area contributed by atoms with E-state index in [-0.39, 0.29) is 11.9 Å². The quantitative estimate of drug-likeness (QED) is 0.886. The smallest absolute Gasteiger partial charge is 0.362 e. The number of nitrogens with one attached hydrogen (secondary N) is 2. The molecule has 0 aromatic carbocycles. The van der Waals surface area contributed by atoms with Crippen LogP contribution in [0, 0.1) is 0 Å². The number of anilines is 1. The normalized spacial score (nSPS) is 13.3. The summed E-state index contributed by atoms with van der Waals surface area (Å²) in [4.78, 5) is 0. The topological polar surface area (TPSA) is 66.5 Å². The standard InChI is InChI=1S/C10H10F3N5/c1-6(7-4-14-15-5-7)16-9-3-2-8(17-18-9)10(11,12)13/h2-6H,1H3,(H,14,15)(H,16,18). The Kier molecular flexibility index (Phi) is 3.17. The molecule has 18 heavy (non-hydrogen) atoms. The predicted molar refractivity (Wildman–Crippen MR) is 57.7 cm³/mol. The van der Waals surface area contributed by atoms with Crippen LogP contribution in [0.25, 0.3) is 0 Å². The molecular formula is C10H10F3N5. The number of nitrogens with zero attached hydrogens (tertiary/aromatic N) is 3. The molecule has 0 aliphatic rings. The van der Waals surface area contributed by atoms with Crippen LogP contribution in [-0.4, -0.2) is 20.4 Å². The Balaban J connectivity index is 2.07. The monoisotopic (exact) mass is 257 g/mol. The average molecular weight is 257 g/mol. The van der Waals surface area contributed by atoms with Gasteiger partial charge in [0.1, 0.15) is 5.82 Å². The molecule has 0 fully saturated rings. The first-order chi connectivity index (χ1) is 8.47. The van der Waals surface area contributed by atoms with Gasteiger partial charge in [-0.15, -0.1) is 10.2 Å². The van der Waals surface area contributed by atoms with Crippen LogP contribution in [0.3, 0.4) is 0 Å². The molecule has 0 radical (unpaired) electrons. The fourth-order valence-corrected chi connectivity index (χ4v) is 1.36. The lowest BCUT2D eigenvalue weighted by Gasteiger charge is -2.12. The summed E-state index contributed by atoms with van der Waals surface area (Å²) in [7, 11) is 0. The van der Waals surface area contributed by atoms with Gasteiger partial charge in [0, 0.05) is 11.8 Å². The van der Waals surface area contributed by atoms with Crippen LogP contribution in [-0.2, 0) is 6.18 Å². The summed E-state index contributed by atoms with van der Waals surface area (Å²) < 4.78 is 36.8. The Labute approximate surface area is 100 Å². The predicted octanol–water partition coefficient (Wildman–Crippen LogP) is 2.39. The van der Waals surface area contributed by atoms with Crippen LogP contribution in [0.2, 0.25) is 0 Å². The van der Waals surface area contributed by atoms with Crippen molar-refractivity contribution in [2.75, 3.05) is 5.32 Å². The number of hydrogen-bond acceptors (Lipinski definition) is 4. The molecule has 2 heterocycles. The number of H-pyrrole nitrogens is 1. The number of halogens is 3. The Morgan fingerprint density at radius 1 is 1.28 bits per heavy atom. The van der Waals surface area contributed by atoms with Gasteiger partial charge in [0.2, 0.25) is 0 Å². The highest BCUT2D eigenvalue weighted by molar-refractivity contribution is 5.36. The van der Waals surface area contributed by atoms with Crippen LogP contribution in [0.4, 0.5) is 19.0 Å². The van der Waals surface area contributed by atoms with E-state index in [0.29, 0.717) is 0 Å².